The summed E-state index contributed by atoms with van der Waals surface area (Å²) >= 11 is 0. The lowest BCUT2D eigenvalue weighted by Gasteiger charge is -2.26. The molecule has 0 spiro atoms. The van der Waals surface area contributed by atoms with Crippen LogP contribution in [0.2, 0.25) is 0 Å². The van der Waals surface area contributed by atoms with E-state index in [1.54, 1.807) is 11.0 Å². The van der Waals surface area contributed by atoms with E-state index >= 15 is 0 Å². The van der Waals surface area contributed by atoms with Crippen molar-refractivity contribution < 1.29 is 14.6 Å². The molecule has 0 radical (unpaired) electrons. The number of carbonyl (C=O) groups is 1. The van der Waals surface area contributed by atoms with Gasteiger partial charge in [-0.3, -0.25) is 14.8 Å². The van der Waals surface area contributed by atoms with Crippen molar-refractivity contribution >= 4 is 16.8 Å². The van der Waals surface area contributed by atoms with Gasteiger partial charge in [0.2, 0.25) is 0 Å². The van der Waals surface area contributed by atoms with Crippen LogP contribution in [0.3, 0.4) is 0 Å². The van der Waals surface area contributed by atoms with Gasteiger partial charge in [-0.15, -0.1) is 0 Å². The van der Waals surface area contributed by atoms with E-state index in [1.807, 2.05) is 12.1 Å². The topological polar surface area (TPSA) is 93.7 Å². The number of phenolic OH excluding ortho intramolecular Hbond substituents is 1. The molecule has 1 aliphatic carbocycles. The van der Waals surface area contributed by atoms with Crippen molar-refractivity contribution in [1.82, 2.24) is 25.3 Å². The smallest absolute Gasteiger partial charge is 0.258 e. The normalized spacial score (nSPS) is 18.9. The first-order valence-electron chi connectivity index (χ1n) is 13.8. The molecule has 196 valence electrons. The van der Waals surface area contributed by atoms with Gasteiger partial charge in [0.15, 0.2) is 0 Å². The molecule has 1 aromatic heterocycles. The average Bonchev–Trinajstić information content (AvgIpc) is 3.52. The van der Waals surface area contributed by atoms with Gasteiger partial charge in [0.1, 0.15) is 18.1 Å². The summed E-state index contributed by atoms with van der Waals surface area (Å²) in [6, 6.07) is 9.57. The number of piperazine rings is 1. The fourth-order valence-electron chi connectivity index (χ4n) is 6.11. The fraction of sp³-hybridized carbons (Fsp3) is 0.517. The van der Waals surface area contributed by atoms with Crippen LogP contribution in [-0.4, -0.2) is 70.3 Å². The predicted molar refractivity (Wildman–Crippen MR) is 143 cm³/mol. The highest BCUT2D eigenvalue weighted by Gasteiger charge is 2.27. The van der Waals surface area contributed by atoms with Crippen molar-refractivity contribution in [2.24, 2.45) is 5.92 Å². The summed E-state index contributed by atoms with van der Waals surface area (Å²) in [7, 11) is 0. The lowest BCUT2D eigenvalue weighted by Crippen LogP contribution is -2.44. The second kappa shape index (κ2) is 10.7. The SMILES string of the molecule is O=C(c1cc2c(CC3CCCCC3)[nH]nc2cc1O)N1Cc2ccc(OCCN3CCNCC3)cc2C1. The number of benzene rings is 2. The Labute approximate surface area is 218 Å². The summed E-state index contributed by atoms with van der Waals surface area (Å²) in [5.41, 5.74) is 4.37. The number of nitrogens with zero attached hydrogens (tertiary/aromatic N) is 3. The van der Waals surface area contributed by atoms with Crippen molar-refractivity contribution in [3.05, 3.63) is 52.7 Å². The highest BCUT2D eigenvalue weighted by Crippen LogP contribution is 2.33. The molecule has 3 heterocycles. The van der Waals surface area contributed by atoms with Crippen LogP contribution in [0, 0.1) is 5.92 Å². The molecule has 2 fully saturated rings. The Hall–Kier alpha value is -3.10. The first-order valence-corrected chi connectivity index (χ1v) is 13.8. The summed E-state index contributed by atoms with van der Waals surface area (Å²) in [5, 5.41) is 22.6. The average molecular weight is 504 g/mol. The maximum Gasteiger partial charge on any atom is 0.258 e. The number of rotatable bonds is 7. The molecule has 6 rings (SSSR count). The first kappa shape index (κ1) is 24.2. The fourth-order valence-corrected chi connectivity index (χ4v) is 6.11. The molecule has 1 amide bonds. The molecule has 8 nitrogen and oxygen atoms in total. The van der Waals surface area contributed by atoms with Gasteiger partial charge < -0.3 is 20.1 Å². The van der Waals surface area contributed by atoms with Crippen molar-refractivity contribution in [3.63, 3.8) is 0 Å². The van der Waals surface area contributed by atoms with Crippen molar-refractivity contribution in [1.29, 1.82) is 0 Å². The Morgan fingerprint density at radius 3 is 2.70 bits per heavy atom. The Morgan fingerprint density at radius 2 is 1.86 bits per heavy atom. The van der Waals surface area contributed by atoms with Gasteiger partial charge in [-0.2, -0.15) is 5.10 Å². The lowest BCUT2D eigenvalue weighted by molar-refractivity contribution is 0.0748. The first-order chi connectivity index (χ1) is 18.1. The Bertz CT molecular complexity index is 1260. The molecule has 0 unspecified atom stereocenters. The minimum Gasteiger partial charge on any atom is -0.507 e. The minimum absolute atomic E-state index is 0.0129. The van der Waals surface area contributed by atoms with E-state index in [-0.39, 0.29) is 11.7 Å². The number of carbonyl (C=O) groups excluding carboxylic acids is 1. The van der Waals surface area contributed by atoms with Gasteiger partial charge in [-0.05, 0) is 41.7 Å². The van der Waals surface area contributed by atoms with Crippen LogP contribution in [0.25, 0.3) is 10.9 Å². The summed E-state index contributed by atoms with van der Waals surface area (Å²) < 4.78 is 6.03. The van der Waals surface area contributed by atoms with Crippen molar-refractivity contribution in [3.8, 4) is 11.5 Å². The number of H-pyrrole nitrogens is 1. The zero-order valence-corrected chi connectivity index (χ0v) is 21.5. The third-order valence-corrected chi connectivity index (χ3v) is 8.27. The van der Waals surface area contributed by atoms with Crippen LogP contribution < -0.4 is 10.1 Å². The van der Waals surface area contributed by atoms with Gasteiger partial charge in [-0.25, -0.2) is 0 Å². The third kappa shape index (κ3) is 5.31. The number of aromatic hydroxyl groups is 1. The number of ether oxygens (including phenoxy) is 1. The lowest BCUT2D eigenvalue weighted by atomic mass is 9.85. The number of nitrogens with one attached hydrogen (secondary N) is 2. The van der Waals surface area contributed by atoms with E-state index in [1.165, 1.54) is 32.1 Å². The predicted octanol–water partition coefficient (Wildman–Crippen LogP) is 3.83. The van der Waals surface area contributed by atoms with E-state index in [9.17, 15) is 9.90 Å². The number of hydrogen-bond donors (Lipinski definition) is 3. The van der Waals surface area contributed by atoms with Crippen LogP contribution in [-0.2, 0) is 19.5 Å². The number of aromatic amines is 1. The summed E-state index contributed by atoms with van der Waals surface area (Å²) in [4.78, 5) is 17.7. The van der Waals surface area contributed by atoms with Crippen LogP contribution in [0.1, 0.15) is 59.3 Å². The summed E-state index contributed by atoms with van der Waals surface area (Å²) in [5.74, 6) is 1.34. The molecule has 8 heteroatoms. The molecular weight excluding hydrogens is 466 g/mol. The monoisotopic (exact) mass is 503 g/mol. The van der Waals surface area contributed by atoms with Gasteiger partial charge in [-0.1, -0.05) is 38.2 Å². The molecule has 3 aromatic rings. The van der Waals surface area contributed by atoms with E-state index in [0.29, 0.717) is 36.7 Å². The van der Waals surface area contributed by atoms with Crippen LogP contribution in [0.4, 0.5) is 0 Å². The van der Waals surface area contributed by atoms with Gasteiger partial charge in [0.05, 0.1) is 11.1 Å². The van der Waals surface area contributed by atoms with Gasteiger partial charge in [0.25, 0.3) is 5.91 Å². The highest BCUT2D eigenvalue weighted by atomic mass is 16.5. The molecule has 0 atom stereocenters. The second-order valence-electron chi connectivity index (χ2n) is 10.8. The largest absolute Gasteiger partial charge is 0.507 e. The van der Waals surface area contributed by atoms with Gasteiger partial charge >= 0.3 is 0 Å². The minimum atomic E-state index is -0.151. The Balaban J connectivity index is 1.12. The maximum atomic E-state index is 13.5. The van der Waals surface area contributed by atoms with Gasteiger partial charge in [0, 0.05) is 63.0 Å². The highest BCUT2D eigenvalue weighted by molar-refractivity contribution is 6.01. The van der Waals surface area contributed by atoms with E-state index in [2.05, 4.69) is 32.5 Å². The molecule has 3 N–H and O–H groups in total. The molecule has 1 saturated heterocycles. The van der Waals surface area contributed by atoms with Crippen LogP contribution in [0.5, 0.6) is 11.5 Å². The molecule has 1 saturated carbocycles. The molecule has 37 heavy (non-hydrogen) atoms. The number of hydrogen-bond acceptors (Lipinski definition) is 6. The molecule has 3 aliphatic rings. The number of fused-ring (bicyclic) bond motifs is 2. The third-order valence-electron chi connectivity index (χ3n) is 8.27. The zero-order chi connectivity index (χ0) is 25.2. The standard InChI is InChI=1S/C29H37N5O3/c35-28-17-27-24(26(31-32-27)14-20-4-2-1-3-5-20)16-25(28)29(36)34-18-21-6-7-23(15-22(21)19-34)37-13-12-33-10-8-30-9-11-33/h6-7,15-17,20,30,35H,1-5,8-14,18-19H2,(H,31,32). The quantitative estimate of drug-likeness (QED) is 0.454. The summed E-state index contributed by atoms with van der Waals surface area (Å²) in [6.45, 7) is 6.81. The Kier molecular flexibility index (Phi) is 7.02. The molecule has 2 aromatic carbocycles. The van der Waals surface area contributed by atoms with Crippen LogP contribution >= 0.6 is 0 Å². The summed E-state index contributed by atoms with van der Waals surface area (Å²) in [6.07, 6.45) is 7.35. The number of amides is 1. The molecule has 2 aliphatic heterocycles. The Morgan fingerprint density at radius 1 is 1.05 bits per heavy atom. The molecular formula is C29H37N5O3. The van der Waals surface area contributed by atoms with E-state index in [4.69, 9.17) is 4.74 Å². The second-order valence-corrected chi connectivity index (χ2v) is 10.8. The number of aromatic nitrogens is 2. The van der Waals surface area contributed by atoms with Crippen molar-refractivity contribution in [2.45, 2.75) is 51.6 Å². The zero-order valence-electron chi connectivity index (χ0n) is 21.5. The maximum absolute atomic E-state index is 13.5. The van der Waals surface area contributed by atoms with E-state index < -0.39 is 0 Å². The van der Waals surface area contributed by atoms with E-state index in [0.717, 1.165) is 67.1 Å². The van der Waals surface area contributed by atoms with Crippen molar-refractivity contribution in [2.75, 3.05) is 39.3 Å². The molecule has 0 bridgehead atoms. The van der Waals surface area contributed by atoms with Crippen LogP contribution in [0.15, 0.2) is 30.3 Å². The number of phenols is 1.